The second-order valence-electron chi connectivity index (χ2n) is 2.76. The number of rotatable bonds is 1. The maximum absolute atomic E-state index is 10.4. The number of aliphatic hydroxyl groups is 4. The van der Waals surface area contributed by atoms with E-state index in [0.717, 1.165) is 0 Å². The molecule has 0 amide bonds. The number of ether oxygens (including phenoxy) is 1. The van der Waals surface area contributed by atoms with E-state index in [1.165, 1.54) is 0 Å². The molecule has 0 aromatic heterocycles. The molecule has 1 fully saturated rings. The molecule has 82 valence electrons. The molecule has 0 aromatic rings. The first-order valence-electron chi connectivity index (χ1n) is 3.55. The summed E-state index contributed by atoms with van der Waals surface area (Å²) >= 11 is 0. The summed E-state index contributed by atoms with van der Waals surface area (Å²) in [5.74, 6) is -1.52. The summed E-state index contributed by atoms with van der Waals surface area (Å²) in [7, 11) is 0. The van der Waals surface area contributed by atoms with Crippen molar-refractivity contribution in [2.75, 3.05) is 0 Å². The summed E-state index contributed by atoms with van der Waals surface area (Å²) in [5.41, 5.74) is 0. The first kappa shape index (κ1) is 19.0. The van der Waals surface area contributed by atoms with Crippen molar-refractivity contribution in [2.45, 2.75) is 30.7 Å². The van der Waals surface area contributed by atoms with Crippen LogP contribution in [0.5, 0.6) is 0 Å². The molecule has 1 heterocycles. The molecule has 1 saturated heterocycles. The van der Waals surface area contributed by atoms with Gasteiger partial charge < -0.3 is 31.7 Å². The third kappa shape index (κ3) is 4.41. The van der Waals surface area contributed by atoms with Crippen LogP contribution in [-0.4, -0.2) is 62.2 Å². The van der Waals surface area contributed by atoms with Gasteiger partial charge in [0, 0.05) is 21.7 Å². The fraction of sp³-hybridized carbons (Fsp3) is 0.833. The number of aliphatic carboxylic acids is 1. The molecular formula is C6H11KO7Ti. The molecule has 7 nitrogen and oxygen atoms in total. The second-order valence-corrected chi connectivity index (χ2v) is 2.76. The van der Waals surface area contributed by atoms with E-state index in [1.54, 1.807) is 0 Å². The van der Waals surface area contributed by atoms with E-state index in [4.69, 9.17) is 25.5 Å². The summed E-state index contributed by atoms with van der Waals surface area (Å²) < 4.78 is 4.34. The SMILES string of the molecule is O=C(O)[C@H]1O[C@@H](O)[C@H](O)[C@@H](O)[C@@H]1O.[H-].[K+].[Ti]. The summed E-state index contributed by atoms with van der Waals surface area (Å²) in [6.45, 7) is 0. The minimum atomic E-state index is -1.81. The van der Waals surface area contributed by atoms with Crippen molar-refractivity contribution in [1.29, 1.82) is 0 Å². The normalized spacial score (nSPS) is 39.9. The Morgan fingerprint density at radius 2 is 1.53 bits per heavy atom. The van der Waals surface area contributed by atoms with E-state index < -0.39 is 36.7 Å². The number of aliphatic hydroxyl groups excluding tert-OH is 4. The van der Waals surface area contributed by atoms with Crippen molar-refractivity contribution >= 4 is 5.97 Å². The summed E-state index contributed by atoms with van der Waals surface area (Å²) in [6, 6.07) is 0. The predicted molar refractivity (Wildman–Crippen MR) is 37.6 cm³/mol. The second kappa shape index (κ2) is 7.85. The molecule has 5 N–H and O–H groups in total. The largest absolute Gasteiger partial charge is 1.00 e. The van der Waals surface area contributed by atoms with Crippen molar-refractivity contribution in [1.82, 2.24) is 0 Å². The molecule has 0 aliphatic carbocycles. The van der Waals surface area contributed by atoms with Crippen molar-refractivity contribution in [3.63, 3.8) is 0 Å². The van der Waals surface area contributed by atoms with Gasteiger partial charge in [-0.3, -0.25) is 0 Å². The first-order valence-corrected chi connectivity index (χ1v) is 3.55. The van der Waals surface area contributed by atoms with E-state index in [1.807, 2.05) is 0 Å². The summed E-state index contributed by atoms with van der Waals surface area (Å²) in [4.78, 5) is 10.4. The van der Waals surface area contributed by atoms with Gasteiger partial charge in [-0.05, 0) is 0 Å². The average Bonchev–Trinajstić information content (AvgIpc) is 2.07. The maximum atomic E-state index is 10.4. The number of carbonyl (C=O) groups is 1. The van der Waals surface area contributed by atoms with Crippen molar-refractivity contribution in [3.8, 4) is 0 Å². The Balaban J connectivity index is -0.000000563. The van der Waals surface area contributed by atoms with Crippen molar-refractivity contribution in [2.24, 2.45) is 0 Å². The molecule has 15 heavy (non-hydrogen) atoms. The van der Waals surface area contributed by atoms with Crippen LogP contribution in [0.3, 0.4) is 0 Å². The maximum Gasteiger partial charge on any atom is 1.00 e. The number of hydrogen-bond donors (Lipinski definition) is 5. The van der Waals surface area contributed by atoms with Gasteiger partial charge in [0.15, 0.2) is 12.4 Å². The Morgan fingerprint density at radius 3 is 1.93 bits per heavy atom. The van der Waals surface area contributed by atoms with Gasteiger partial charge >= 0.3 is 57.4 Å². The number of carboxylic acids is 1. The minimum absolute atomic E-state index is 0. The van der Waals surface area contributed by atoms with Crippen LogP contribution in [0.25, 0.3) is 0 Å². The minimum Gasteiger partial charge on any atom is -1.00 e. The van der Waals surface area contributed by atoms with E-state index in [2.05, 4.69) is 4.74 Å². The van der Waals surface area contributed by atoms with Crippen LogP contribution >= 0.6 is 0 Å². The predicted octanol–water partition coefficient (Wildman–Crippen LogP) is -6.02. The van der Waals surface area contributed by atoms with Gasteiger partial charge in [0.25, 0.3) is 0 Å². The Bertz CT molecular complexity index is 221. The Hall–Kier alpha value is 1.62. The van der Waals surface area contributed by atoms with E-state index >= 15 is 0 Å². The van der Waals surface area contributed by atoms with Gasteiger partial charge in [0.1, 0.15) is 18.3 Å². The van der Waals surface area contributed by atoms with Gasteiger partial charge in [-0.1, -0.05) is 0 Å². The molecule has 1 rings (SSSR count). The fourth-order valence-electron chi connectivity index (χ4n) is 1.07. The zero-order valence-electron chi connectivity index (χ0n) is 8.94. The van der Waals surface area contributed by atoms with E-state index in [-0.39, 0.29) is 74.5 Å². The standard InChI is InChI=1S/C6H10O7.K.Ti.H/c7-1-2(8)4(5(10)11)13-6(12)3(1)9;;;/h1-4,6-9,12H,(H,10,11);;;/q;+1;;-1/t1-,2-,3+,4-,6+;;;/m0.../s1. The Morgan fingerprint density at radius 1 is 1.07 bits per heavy atom. The van der Waals surface area contributed by atoms with Crippen LogP contribution < -0.4 is 51.4 Å². The molecule has 5 atom stereocenters. The van der Waals surface area contributed by atoms with Crippen LogP contribution in [0.15, 0.2) is 0 Å². The van der Waals surface area contributed by atoms with Gasteiger partial charge in [0.2, 0.25) is 0 Å². The Kier molecular flexibility index (Phi) is 9.93. The topological polar surface area (TPSA) is 127 Å². The summed E-state index contributed by atoms with van der Waals surface area (Å²) in [6.07, 6.45) is -8.72. The van der Waals surface area contributed by atoms with Gasteiger partial charge in [0.05, 0.1) is 0 Å². The van der Waals surface area contributed by atoms with E-state index in [9.17, 15) is 4.79 Å². The summed E-state index contributed by atoms with van der Waals surface area (Å²) in [5, 5.41) is 44.4. The van der Waals surface area contributed by atoms with Gasteiger partial charge in [-0.25, -0.2) is 4.79 Å². The monoisotopic (exact) mass is 282 g/mol. The zero-order valence-corrected chi connectivity index (χ0v) is 12.6. The molecule has 9 heteroatoms. The Labute approximate surface area is 144 Å². The first-order chi connectivity index (χ1) is 5.95. The third-order valence-electron chi connectivity index (χ3n) is 1.83. The molecule has 0 unspecified atom stereocenters. The average molecular weight is 282 g/mol. The molecule has 0 bridgehead atoms. The molecule has 1 aliphatic rings. The quantitative estimate of drug-likeness (QED) is 0.303. The molecule has 0 aromatic carbocycles. The van der Waals surface area contributed by atoms with Crippen molar-refractivity contribution in [3.05, 3.63) is 0 Å². The van der Waals surface area contributed by atoms with Gasteiger partial charge in [-0.15, -0.1) is 0 Å². The molecule has 1 aliphatic heterocycles. The zero-order chi connectivity index (χ0) is 10.2. The smallest absolute Gasteiger partial charge is 1.00 e. The number of carboxylic acid groups (broad SMARTS) is 1. The molecular weight excluding hydrogens is 271 g/mol. The van der Waals surface area contributed by atoms with E-state index in [0.29, 0.717) is 0 Å². The number of hydrogen-bond acceptors (Lipinski definition) is 6. The van der Waals surface area contributed by atoms with Gasteiger partial charge in [-0.2, -0.15) is 0 Å². The molecule has 0 radical (unpaired) electrons. The third-order valence-corrected chi connectivity index (χ3v) is 1.83. The van der Waals surface area contributed by atoms with Crippen LogP contribution in [0.4, 0.5) is 0 Å². The van der Waals surface area contributed by atoms with Crippen LogP contribution in [-0.2, 0) is 31.2 Å². The van der Waals surface area contributed by atoms with Crippen LogP contribution in [0.1, 0.15) is 1.43 Å². The molecule has 0 spiro atoms. The van der Waals surface area contributed by atoms with Crippen LogP contribution in [0, 0.1) is 0 Å². The molecule has 0 saturated carbocycles. The fourth-order valence-corrected chi connectivity index (χ4v) is 1.07. The van der Waals surface area contributed by atoms with Crippen LogP contribution in [0.2, 0.25) is 0 Å². The van der Waals surface area contributed by atoms with Crippen molar-refractivity contribution < 1.29 is 110 Å².